The van der Waals surface area contributed by atoms with Crippen LogP contribution in [0.3, 0.4) is 0 Å². The first-order valence-electron chi connectivity index (χ1n) is 7.92. The lowest BCUT2D eigenvalue weighted by Gasteiger charge is -2.09. The maximum atomic E-state index is 13.1. The van der Waals surface area contributed by atoms with Gasteiger partial charge in [-0.25, -0.2) is 4.39 Å². The summed E-state index contributed by atoms with van der Waals surface area (Å²) in [6.07, 6.45) is 4.49. The Balaban J connectivity index is 1.48. The summed E-state index contributed by atoms with van der Waals surface area (Å²) in [6, 6.07) is 10.4. The van der Waals surface area contributed by atoms with E-state index in [0.717, 1.165) is 24.2 Å². The predicted molar refractivity (Wildman–Crippen MR) is 89.8 cm³/mol. The monoisotopic (exact) mass is 333 g/mol. The van der Waals surface area contributed by atoms with Crippen LogP contribution in [0.4, 0.5) is 4.39 Å². The van der Waals surface area contributed by atoms with E-state index in [1.54, 1.807) is 23.9 Å². The van der Waals surface area contributed by atoms with Crippen molar-refractivity contribution in [2.75, 3.05) is 0 Å². The number of hydrogen-bond acceptors (Lipinski definition) is 3. The Labute approximate surface area is 139 Å². The van der Waals surface area contributed by atoms with E-state index in [1.807, 2.05) is 12.1 Å². The lowest BCUT2D eigenvalue weighted by molar-refractivity contribution is 0.0908. The zero-order valence-corrected chi connectivity index (χ0v) is 13.7. The molecular formula is C18H20FNO2S. The molecular weight excluding hydrogens is 313 g/mol. The summed E-state index contributed by atoms with van der Waals surface area (Å²) in [5.74, 6) is 2.17. The summed E-state index contributed by atoms with van der Waals surface area (Å²) < 4.78 is 18.7. The topological polar surface area (TPSA) is 42.2 Å². The van der Waals surface area contributed by atoms with E-state index in [2.05, 4.69) is 5.32 Å². The number of amides is 1. The molecule has 1 aromatic heterocycles. The van der Waals surface area contributed by atoms with E-state index in [-0.39, 0.29) is 11.7 Å². The molecule has 1 heterocycles. The molecule has 1 N–H and O–H groups in total. The minimum Gasteiger partial charge on any atom is -0.455 e. The molecule has 1 saturated carbocycles. The molecule has 122 valence electrons. The van der Waals surface area contributed by atoms with Crippen LogP contribution in [0.5, 0.6) is 0 Å². The minimum absolute atomic E-state index is 0.127. The van der Waals surface area contributed by atoms with Crippen LogP contribution in [0, 0.1) is 5.82 Å². The van der Waals surface area contributed by atoms with Crippen LogP contribution in [0.2, 0.25) is 0 Å². The van der Waals surface area contributed by atoms with Crippen molar-refractivity contribution in [2.24, 2.45) is 0 Å². The van der Waals surface area contributed by atoms with Gasteiger partial charge in [-0.2, -0.15) is 0 Å². The highest BCUT2D eigenvalue weighted by Crippen LogP contribution is 2.21. The number of thioether (sulfide) groups is 1. The van der Waals surface area contributed by atoms with Crippen LogP contribution >= 0.6 is 11.8 Å². The van der Waals surface area contributed by atoms with Crippen LogP contribution in [0.25, 0.3) is 0 Å². The van der Waals surface area contributed by atoms with Crippen molar-refractivity contribution in [3.05, 3.63) is 59.3 Å². The van der Waals surface area contributed by atoms with Gasteiger partial charge in [-0.3, -0.25) is 4.79 Å². The summed E-state index contributed by atoms with van der Waals surface area (Å²) >= 11 is 1.63. The molecule has 5 heteroatoms. The van der Waals surface area contributed by atoms with Gasteiger partial charge in [0.05, 0.1) is 5.75 Å². The van der Waals surface area contributed by atoms with Crippen molar-refractivity contribution in [2.45, 2.75) is 43.2 Å². The first-order chi connectivity index (χ1) is 11.2. The van der Waals surface area contributed by atoms with Crippen LogP contribution < -0.4 is 5.32 Å². The zero-order chi connectivity index (χ0) is 16.1. The predicted octanol–water partition coefficient (Wildman–Crippen LogP) is 4.52. The summed E-state index contributed by atoms with van der Waals surface area (Å²) in [5.41, 5.74) is 0.945. The zero-order valence-electron chi connectivity index (χ0n) is 12.9. The van der Waals surface area contributed by atoms with Crippen LogP contribution in [-0.4, -0.2) is 11.9 Å². The van der Waals surface area contributed by atoms with Gasteiger partial charge in [0.15, 0.2) is 5.76 Å². The second-order valence-electron chi connectivity index (χ2n) is 5.84. The van der Waals surface area contributed by atoms with E-state index in [9.17, 15) is 9.18 Å². The van der Waals surface area contributed by atoms with Crippen molar-refractivity contribution >= 4 is 17.7 Å². The van der Waals surface area contributed by atoms with Gasteiger partial charge in [0.1, 0.15) is 11.6 Å². The molecule has 0 saturated heterocycles. The Morgan fingerprint density at radius 1 is 1.22 bits per heavy atom. The van der Waals surface area contributed by atoms with E-state index in [4.69, 9.17) is 4.42 Å². The number of hydrogen-bond donors (Lipinski definition) is 1. The van der Waals surface area contributed by atoms with Gasteiger partial charge in [0, 0.05) is 11.8 Å². The van der Waals surface area contributed by atoms with Crippen molar-refractivity contribution in [3.63, 3.8) is 0 Å². The number of halogens is 1. The van der Waals surface area contributed by atoms with Gasteiger partial charge in [0.25, 0.3) is 5.91 Å². The van der Waals surface area contributed by atoms with Crippen LogP contribution in [-0.2, 0) is 11.5 Å². The largest absolute Gasteiger partial charge is 0.455 e. The summed E-state index contributed by atoms with van der Waals surface area (Å²) in [6.45, 7) is 0. The second kappa shape index (κ2) is 7.68. The van der Waals surface area contributed by atoms with Crippen LogP contribution in [0.1, 0.15) is 47.6 Å². The smallest absolute Gasteiger partial charge is 0.287 e. The summed E-state index contributed by atoms with van der Waals surface area (Å²) in [5, 5.41) is 3.02. The number of rotatable bonds is 6. The molecule has 3 rings (SSSR count). The molecule has 0 atom stereocenters. The highest BCUT2D eigenvalue weighted by molar-refractivity contribution is 7.97. The van der Waals surface area contributed by atoms with Crippen molar-refractivity contribution < 1.29 is 13.6 Å². The normalized spacial score (nSPS) is 15.0. The van der Waals surface area contributed by atoms with E-state index in [0.29, 0.717) is 23.3 Å². The Morgan fingerprint density at radius 2 is 2.04 bits per heavy atom. The molecule has 0 unspecified atom stereocenters. The fourth-order valence-electron chi connectivity index (χ4n) is 2.80. The van der Waals surface area contributed by atoms with E-state index in [1.165, 1.54) is 25.0 Å². The van der Waals surface area contributed by atoms with Gasteiger partial charge in [-0.1, -0.05) is 25.0 Å². The Morgan fingerprint density at radius 3 is 2.83 bits per heavy atom. The van der Waals surface area contributed by atoms with Gasteiger partial charge < -0.3 is 9.73 Å². The SMILES string of the molecule is O=C(NC1CCCC1)c1ccc(CSCc2cccc(F)c2)o1. The second-order valence-corrected chi connectivity index (χ2v) is 6.83. The molecule has 1 aliphatic carbocycles. The Kier molecular flexibility index (Phi) is 5.39. The van der Waals surface area contributed by atoms with Gasteiger partial charge >= 0.3 is 0 Å². The first-order valence-corrected chi connectivity index (χ1v) is 9.08. The number of nitrogens with one attached hydrogen (secondary N) is 1. The molecule has 1 amide bonds. The molecule has 0 radical (unpaired) electrons. The quantitative estimate of drug-likeness (QED) is 0.845. The van der Waals surface area contributed by atoms with E-state index < -0.39 is 0 Å². The molecule has 23 heavy (non-hydrogen) atoms. The standard InChI is InChI=1S/C18H20FNO2S/c19-14-5-3-4-13(10-14)11-23-12-16-8-9-17(22-16)18(21)20-15-6-1-2-7-15/h3-5,8-10,15H,1-2,6-7,11-12H2,(H,20,21). The number of benzene rings is 1. The maximum absolute atomic E-state index is 13.1. The highest BCUT2D eigenvalue weighted by Gasteiger charge is 2.19. The molecule has 3 nitrogen and oxygen atoms in total. The van der Waals surface area contributed by atoms with E-state index >= 15 is 0 Å². The van der Waals surface area contributed by atoms with Crippen LogP contribution in [0.15, 0.2) is 40.8 Å². The number of carbonyl (C=O) groups excluding carboxylic acids is 1. The number of carbonyl (C=O) groups is 1. The Hall–Kier alpha value is -1.75. The molecule has 0 spiro atoms. The highest BCUT2D eigenvalue weighted by atomic mass is 32.2. The molecule has 1 fully saturated rings. The van der Waals surface area contributed by atoms with Gasteiger partial charge in [-0.15, -0.1) is 11.8 Å². The molecule has 0 aliphatic heterocycles. The molecule has 0 bridgehead atoms. The Bertz CT molecular complexity index is 665. The lowest BCUT2D eigenvalue weighted by atomic mass is 10.2. The molecule has 1 aromatic carbocycles. The molecule has 1 aliphatic rings. The number of furan rings is 1. The van der Waals surface area contributed by atoms with Crippen molar-refractivity contribution in [1.82, 2.24) is 5.32 Å². The first kappa shape index (κ1) is 16.1. The molecule has 2 aromatic rings. The fourth-order valence-corrected chi connectivity index (χ4v) is 3.67. The summed E-state index contributed by atoms with van der Waals surface area (Å²) in [4.78, 5) is 12.1. The van der Waals surface area contributed by atoms with Crippen molar-refractivity contribution in [3.8, 4) is 0 Å². The summed E-state index contributed by atoms with van der Waals surface area (Å²) in [7, 11) is 0. The average molecular weight is 333 g/mol. The third-order valence-corrected chi connectivity index (χ3v) is 5.00. The van der Waals surface area contributed by atoms with Crippen molar-refractivity contribution in [1.29, 1.82) is 0 Å². The minimum atomic E-state index is -0.216. The third-order valence-electron chi connectivity index (χ3n) is 3.98. The third kappa shape index (κ3) is 4.61. The average Bonchev–Trinajstić information content (AvgIpc) is 3.19. The van der Waals surface area contributed by atoms with Gasteiger partial charge in [-0.05, 0) is 42.7 Å². The fraction of sp³-hybridized carbons (Fsp3) is 0.389. The van der Waals surface area contributed by atoms with Gasteiger partial charge in [0.2, 0.25) is 0 Å². The maximum Gasteiger partial charge on any atom is 0.287 e. The lowest BCUT2D eigenvalue weighted by Crippen LogP contribution is -2.32.